The van der Waals surface area contributed by atoms with Gasteiger partial charge in [-0.05, 0) is 60.9 Å². The van der Waals surface area contributed by atoms with Crippen molar-refractivity contribution in [1.82, 2.24) is 10.2 Å². The quantitative estimate of drug-likeness (QED) is 0.593. The highest BCUT2D eigenvalue weighted by Crippen LogP contribution is 2.28. The average molecular weight is 447 g/mol. The van der Waals surface area contributed by atoms with Gasteiger partial charge in [0, 0.05) is 42.2 Å². The number of ether oxygens (including phenoxy) is 1. The van der Waals surface area contributed by atoms with Crippen LogP contribution in [0.4, 0.5) is 4.39 Å². The maximum absolute atomic E-state index is 13.8. The summed E-state index contributed by atoms with van der Waals surface area (Å²) < 4.78 is 19.0. The summed E-state index contributed by atoms with van der Waals surface area (Å²) in [5, 5.41) is 2.79. The summed E-state index contributed by atoms with van der Waals surface area (Å²) in [6, 6.07) is 21.0. The molecule has 1 saturated heterocycles. The van der Waals surface area contributed by atoms with Crippen LogP contribution in [0.1, 0.15) is 50.6 Å². The van der Waals surface area contributed by atoms with Crippen molar-refractivity contribution < 1.29 is 18.7 Å². The Bertz CT molecular complexity index is 1130. The monoisotopic (exact) mass is 446 g/mol. The van der Waals surface area contributed by atoms with Crippen molar-refractivity contribution in [2.24, 2.45) is 0 Å². The molecule has 3 aromatic rings. The van der Waals surface area contributed by atoms with Gasteiger partial charge in [-0.15, -0.1) is 0 Å². The minimum atomic E-state index is -0.338. The first-order valence-corrected chi connectivity index (χ1v) is 11.1. The summed E-state index contributed by atoms with van der Waals surface area (Å²) in [5.41, 5.74) is 2.64. The first-order chi connectivity index (χ1) is 16.0. The summed E-state index contributed by atoms with van der Waals surface area (Å²) >= 11 is 0. The van der Waals surface area contributed by atoms with Crippen molar-refractivity contribution >= 4 is 11.8 Å². The second-order valence-electron chi connectivity index (χ2n) is 8.22. The van der Waals surface area contributed by atoms with Crippen LogP contribution in [0.5, 0.6) is 5.75 Å². The predicted octanol–water partition coefficient (Wildman–Crippen LogP) is 4.78. The van der Waals surface area contributed by atoms with Gasteiger partial charge in [0.15, 0.2) is 0 Å². The van der Waals surface area contributed by atoms with Crippen molar-refractivity contribution in [2.45, 2.75) is 25.3 Å². The summed E-state index contributed by atoms with van der Waals surface area (Å²) in [6.45, 7) is 1.44. The summed E-state index contributed by atoms with van der Waals surface area (Å²) in [4.78, 5) is 27.5. The van der Waals surface area contributed by atoms with Gasteiger partial charge in [0.05, 0.1) is 7.11 Å². The third kappa shape index (κ3) is 5.40. The van der Waals surface area contributed by atoms with Crippen molar-refractivity contribution in [1.29, 1.82) is 0 Å². The fourth-order valence-electron chi connectivity index (χ4n) is 4.20. The van der Waals surface area contributed by atoms with E-state index >= 15 is 0 Å². The Morgan fingerprint density at radius 2 is 1.82 bits per heavy atom. The molecular formula is C27H27FN2O3. The summed E-state index contributed by atoms with van der Waals surface area (Å²) in [7, 11) is 1.60. The van der Waals surface area contributed by atoms with Crippen LogP contribution in [0.15, 0.2) is 72.8 Å². The molecule has 0 aromatic heterocycles. The largest absolute Gasteiger partial charge is 0.497 e. The fraction of sp³-hybridized carbons (Fsp3) is 0.259. The maximum atomic E-state index is 13.8. The normalized spacial score (nSPS) is 15.7. The minimum absolute atomic E-state index is 0.00105. The van der Waals surface area contributed by atoms with E-state index in [-0.39, 0.29) is 30.1 Å². The van der Waals surface area contributed by atoms with Crippen LogP contribution >= 0.6 is 0 Å². The standard InChI is InChI=1S/C27H27FN2O3/c1-33-24-13-11-19(12-14-24)27(32)30-15-5-9-23(18-30)20-7-4-8-21(16-20)26(31)29-17-22-6-2-3-10-25(22)28/h2-4,6-8,10-14,16,23H,5,9,15,17-18H2,1H3,(H,29,31). The maximum Gasteiger partial charge on any atom is 0.253 e. The number of hydrogen-bond acceptors (Lipinski definition) is 3. The van der Waals surface area contributed by atoms with Gasteiger partial charge in [0.2, 0.25) is 0 Å². The van der Waals surface area contributed by atoms with Crippen molar-refractivity contribution in [3.8, 4) is 5.75 Å². The number of carbonyl (C=O) groups excluding carboxylic acids is 2. The first-order valence-electron chi connectivity index (χ1n) is 11.1. The molecule has 6 heteroatoms. The predicted molar refractivity (Wildman–Crippen MR) is 125 cm³/mol. The number of nitrogens with zero attached hydrogens (tertiary/aromatic N) is 1. The molecule has 1 N–H and O–H groups in total. The average Bonchev–Trinajstić information content (AvgIpc) is 2.88. The zero-order valence-corrected chi connectivity index (χ0v) is 18.6. The fourth-order valence-corrected chi connectivity index (χ4v) is 4.20. The van der Waals surface area contributed by atoms with Gasteiger partial charge in [-0.3, -0.25) is 9.59 Å². The molecule has 1 unspecified atom stereocenters. The van der Waals surface area contributed by atoms with E-state index in [4.69, 9.17) is 4.74 Å². The van der Waals surface area contributed by atoms with Crippen LogP contribution in [-0.4, -0.2) is 36.9 Å². The number of piperidine rings is 1. The van der Waals surface area contributed by atoms with E-state index in [0.29, 0.717) is 35.5 Å². The SMILES string of the molecule is COc1ccc(C(=O)N2CCCC(c3cccc(C(=O)NCc4ccccc4F)c3)C2)cc1. The highest BCUT2D eigenvalue weighted by atomic mass is 19.1. The number of rotatable bonds is 6. The number of likely N-dealkylation sites (tertiary alicyclic amines) is 1. The third-order valence-corrected chi connectivity index (χ3v) is 6.06. The topological polar surface area (TPSA) is 58.6 Å². The second-order valence-corrected chi connectivity index (χ2v) is 8.22. The molecule has 1 aliphatic heterocycles. The lowest BCUT2D eigenvalue weighted by molar-refractivity contribution is 0.0706. The second kappa shape index (κ2) is 10.3. The van der Waals surface area contributed by atoms with Crippen molar-refractivity contribution in [3.05, 3.63) is 101 Å². The molecular weight excluding hydrogens is 419 g/mol. The molecule has 1 atom stereocenters. The molecule has 1 fully saturated rings. The van der Waals surface area contributed by atoms with Crippen LogP contribution in [-0.2, 0) is 6.54 Å². The number of hydrogen-bond donors (Lipinski definition) is 1. The molecule has 1 heterocycles. The van der Waals surface area contributed by atoms with Gasteiger partial charge in [0.25, 0.3) is 11.8 Å². The smallest absolute Gasteiger partial charge is 0.253 e. The van der Waals surface area contributed by atoms with Crippen LogP contribution < -0.4 is 10.1 Å². The van der Waals surface area contributed by atoms with Gasteiger partial charge in [0.1, 0.15) is 11.6 Å². The Morgan fingerprint density at radius 1 is 1.03 bits per heavy atom. The van der Waals surface area contributed by atoms with E-state index in [1.807, 2.05) is 23.1 Å². The first kappa shape index (κ1) is 22.5. The molecule has 33 heavy (non-hydrogen) atoms. The van der Waals surface area contributed by atoms with E-state index in [1.165, 1.54) is 6.07 Å². The van der Waals surface area contributed by atoms with E-state index in [9.17, 15) is 14.0 Å². The van der Waals surface area contributed by atoms with Gasteiger partial charge >= 0.3 is 0 Å². The Hall–Kier alpha value is -3.67. The van der Waals surface area contributed by atoms with Gasteiger partial charge in [-0.2, -0.15) is 0 Å². The number of methoxy groups -OCH3 is 1. The molecule has 0 spiro atoms. The molecule has 170 valence electrons. The molecule has 0 radical (unpaired) electrons. The molecule has 0 aliphatic carbocycles. The zero-order chi connectivity index (χ0) is 23.2. The van der Waals surface area contributed by atoms with Crippen LogP contribution in [0.2, 0.25) is 0 Å². The number of halogens is 1. The number of carbonyl (C=O) groups is 2. The van der Waals surface area contributed by atoms with E-state index < -0.39 is 0 Å². The van der Waals surface area contributed by atoms with Crippen LogP contribution in [0.3, 0.4) is 0 Å². The van der Waals surface area contributed by atoms with Crippen molar-refractivity contribution in [2.75, 3.05) is 20.2 Å². The summed E-state index contributed by atoms with van der Waals surface area (Å²) in [5.74, 6) is 0.284. The van der Waals surface area contributed by atoms with Gasteiger partial charge in [-0.25, -0.2) is 4.39 Å². The van der Waals surface area contributed by atoms with Gasteiger partial charge in [-0.1, -0.05) is 30.3 Å². The third-order valence-electron chi connectivity index (χ3n) is 6.06. The van der Waals surface area contributed by atoms with E-state index in [1.54, 1.807) is 55.6 Å². The van der Waals surface area contributed by atoms with Gasteiger partial charge < -0.3 is 15.0 Å². The molecule has 0 saturated carbocycles. The Labute approximate surface area is 193 Å². The molecule has 2 amide bonds. The highest BCUT2D eigenvalue weighted by molar-refractivity contribution is 5.95. The lowest BCUT2D eigenvalue weighted by Crippen LogP contribution is -2.39. The lowest BCUT2D eigenvalue weighted by atomic mass is 9.89. The minimum Gasteiger partial charge on any atom is -0.497 e. The molecule has 3 aromatic carbocycles. The molecule has 5 nitrogen and oxygen atoms in total. The Balaban J connectivity index is 1.42. The van der Waals surface area contributed by atoms with Crippen LogP contribution in [0, 0.1) is 5.82 Å². The number of amides is 2. The Morgan fingerprint density at radius 3 is 2.58 bits per heavy atom. The lowest BCUT2D eigenvalue weighted by Gasteiger charge is -2.33. The molecule has 1 aliphatic rings. The summed E-state index contributed by atoms with van der Waals surface area (Å²) in [6.07, 6.45) is 1.85. The van der Waals surface area contributed by atoms with E-state index in [2.05, 4.69) is 5.32 Å². The molecule has 4 rings (SSSR count). The number of benzene rings is 3. The highest BCUT2D eigenvalue weighted by Gasteiger charge is 2.26. The Kier molecular flexibility index (Phi) is 7.03. The van der Waals surface area contributed by atoms with Crippen molar-refractivity contribution in [3.63, 3.8) is 0 Å². The van der Waals surface area contributed by atoms with E-state index in [0.717, 1.165) is 18.4 Å². The zero-order valence-electron chi connectivity index (χ0n) is 18.6. The number of nitrogens with one attached hydrogen (secondary N) is 1. The van der Waals surface area contributed by atoms with Crippen LogP contribution in [0.25, 0.3) is 0 Å². The molecule has 0 bridgehead atoms.